The van der Waals surface area contributed by atoms with Crippen LogP contribution in [0.25, 0.3) is 0 Å². The highest BCUT2D eigenvalue weighted by Crippen LogP contribution is 2.28. The number of hydrogen-bond acceptors (Lipinski definition) is 7. The van der Waals surface area contributed by atoms with Crippen molar-refractivity contribution < 1.29 is 29.0 Å². The zero-order chi connectivity index (χ0) is 28.8. The van der Waals surface area contributed by atoms with Gasteiger partial charge < -0.3 is 36.0 Å². The molecule has 2 saturated heterocycles. The molecule has 1 unspecified atom stereocenters. The van der Waals surface area contributed by atoms with Gasteiger partial charge in [-0.2, -0.15) is 0 Å². The lowest BCUT2D eigenvalue weighted by molar-refractivity contribution is -0.145. The number of likely N-dealkylation sites (tertiary alicyclic amines) is 1. The molecular weight excluding hydrogens is 516 g/mol. The molecule has 2 aliphatic rings. The Morgan fingerprint density at radius 2 is 1.73 bits per heavy atom. The van der Waals surface area contributed by atoms with Gasteiger partial charge in [-0.15, -0.1) is 0 Å². The first kappa shape index (κ1) is 28.8. The standard InChI is InChI=1S/C28H36N6O6/c1-18-5-3-4-6-21(18)30-28(39)31-22-8-7-19(13-24(22)40-2)14-25(35)34-16-20(29)15-23(34)27(38)33-11-9-32(10-12-33)17-26(36)37/h3-8,13,20,23H,9-12,14-17,29H2,1-2H3,(H,36,37)(H2,30,31,39)/t20?,23-/m0/s1. The van der Waals surface area contributed by atoms with Gasteiger partial charge in [0.15, 0.2) is 0 Å². The summed E-state index contributed by atoms with van der Waals surface area (Å²) in [4.78, 5) is 55.2. The smallest absolute Gasteiger partial charge is 0.323 e. The number of rotatable bonds is 8. The lowest BCUT2D eigenvalue weighted by Crippen LogP contribution is -2.55. The Kier molecular flexibility index (Phi) is 9.22. The van der Waals surface area contributed by atoms with Crippen molar-refractivity contribution in [2.45, 2.75) is 31.8 Å². The second kappa shape index (κ2) is 12.8. The number of methoxy groups -OCH3 is 1. The van der Waals surface area contributed by atoms with Crippen LogP contribution in [-0.2, 0) is 20.8 Å². The van der Waals surface area contributed by atoms with Gasteiger partial charge in [0, 0.05) is 44.5 Å². The Labute approximate surface area is 233 Å². The zero-order valence-corrected chi connectivity index (χ0v) is 22.8. The third-order valence-corrected chi connectivity index (χ3v) is 7.24. The molecule has 0 aliphatic carbocycles. The molecule has 4 amide bonds. The summed E-state index contributed by atoms with van der Waals surface area (Å²) in [7, 11) is 1.48. The number of piperazine rings is 1. The third-order valence-electron chi connectivity index (χ3n) is 7.24. The van der Waals surface area contributed by atoms with E-state index in [1.807, 2.05) is 31.2 Å². The normalized spacial score (nSPS) is 19.3. The summed E-state index contributed by atoms with van der Waals surface area (Å²) in [6, 6.07) is 11.1. The van der Waals surface area contributed by atoms with E-state index in [9.17, 15) is 19.2 Å². The highest BCUT2D eigenvalue weighted by atomic mass is 16.5. The molecule has 2 heterocycles. The quantitative estimate of drug-likeness (QED) is 0.382. The maximum Gasteiger partial charge on any atom is 0.323 e. The number of amides is 4. The molecule has 2 fully saturated rings. The average molecular weight is 553 g/mol. The number of carboxylic acid groups (broad SMARTS) is 1. The van der Waals surface area contributed by atoms with Crippen molar-refractivity contribution in [2.24, 2.45) is 5.73 Å². The lowest BCUT2D eigenvalue weighted by atomic mass is 10.1. The molecule has 0 radical (unpaired) electrons. The van der Waals surface area contributed by atoms with E-state index in [0.29, 0.717) is 55.3 Å². The van der Waals surface area contributed by atoms with Crippen molar-refractivity contribution in [3.8, 4) is 5.75 Å². The van der Waals surface area contributed by atoms with E-state index >= 15 is 0 Å². The van der Waals surface area contributed by atoms with Crippen LogP contribution in [0.4, 0.5) is 16.2 Å². The number of benzene rings is 2. The van der Waals surface area contributed by atoms with E-state index in [0.717, 1.165) is 5.56 Å². The molecule has 40 heavy (non-hydrogen) atoms. The maximum absolute atomic E-state index is 13.3. The first-order valence-electron chi connectivity index (χ1n) is 13.2. The van der Waals surface area contributed by atoms with Crippen LogP contribution in [0.2, 0.25) is 0 Å². The van der Waals surface area contributed by atoms with Gasteiger partial charge in [0.2, 0.25) is 11.8 Å². The highest BCUT2D eigenvalue weighted by Gasteiger charge is 2.40. The lowest BCUT2D eigenvalue weighted by Gasteiger charge is -2.36. The molecular formula is C28H36N6O6. The summed E-state index contributed by atoms with van der Waals surface area (Å²) in [5.41, 5.74) is 8.90. The fourth-order valence-electron chi connectivity index (χ4n) is 5.12. The topological polar surface area (TPSA) is 158 Å². The summed E-state index contributed by atoms with van der Waals surface area (Å²) in [6.45, 7) is 3.86. The van der Waals surface area contributed by atoms with Crippen LogP contribution in [0, 0.1) is 6.92 Å². The van der Waals surface area contributed by atoms with Crippen LogP contribution >= 0.6 is 0 Å². The van der Waals surface area contributed by atoms with Crippen molar-refractivity contribution in [1.82, 2.24) is 14.7 Å². The SMILES string of the molecule is COc1cc(CC(=O)N2CC(N)C[C@H]2C(=O)N2CCN(CC(=O)O)CC2)ccc1NC(=O)Nc1ccccc1C. The molecule has 12 nitrogen and oxygen atoms in total. The monoisotopic (exact) mass is 552 g/mol. The summed E-state index contributed by atoms with van der Waals surface area (Å²) in [5, 5.41) is 14.6. The average Bonchev–Trinajstić information content (AvgIpc) is 3.32. The summed E-state index contributed by atoms with van der Waals surface area (Å²) in [5.74, 6) is -0.886. The summed E-state index contributed by atoms with van der Waals surface area (Å²) < 4.78 is 5.47. The van der Waals surface area contributed by atoms with Gasteiger partial charge in [0.05, 0.1) is 25.8 Å². The van der Waals surface area contributed by atoms with Crippen LogP contribution in [0.5, 0.6) is 5.75 Å². The Morgan fingerprint density at radius 1 is 1.02 bits per heavy atom. The zero-order valence-electron chi connectivity index (χ0n) is 22.8. The third kappa shape index (κ3) is 7.07. The number of ether oxygens (including phenoxy) is 1. The Balaban J connectivity index is 1.38. The van der Waals surface area contributed by atoms with E-state index in [1.54, 1.807) is 32.9 Å². The van der Waals surface area contributed by atoms with Crippen molar-refractivity contribution in [3.05, 3.63) is 53.6 Å². The molecule has 0 aromatic heterocycles. The van der Waals surface area contributed by atoms with Crippen LogP contribution in [-0.4, -0.2) is 102 Å². The highest BCUT2D eigenvalue weighted by molar-refractivity contribution is 6.01. The maximum atomic E-state index is 13.3. The molecule has 2 aromatic carbocycles. The van der Waals surface area contributed by atoms with E-state index in [4.69, 9.17) is 15.6 Å². The van der Waals surface area contributed by atoms with Crippen LogP contribution in [0.3, 0.4) is 0 Å². The number of carboxylic acids is 1. The number of carbonyl (C=O) groups excluding carboxylic acids is 3. The Hall–Kier alpha value is -4.16. The van der Waals surface area contributed by atoms with E-state index < -0.39 is 18.0 Å². The number of carbonyl (C=O) groups is 4. The van der Waals surface area contributed by atoms with Crippen LogP contribution in [0.15, 0.2) is 42.5 Å². The van der Waals surface area contributed by atoms with Crippen molar-refractivity contribution in [3.63, 3.8) is 0 Å². The molecule has 0 spiro atoms. The number of urea groups is 1. The molecule has 0 saturated carbocycles. The van der Waals surface area contributed by atoms with Gasteiger partial charge in [-0.3, -0.25) is 19.3 Å². The van der Waals surface area contributed by atoms with Gasteiger partial charge in [-0.1, -0.05) is 24.3 Å². The van der Waals surface area contributed by atoms with Gasteiger partial charge in [-0.25, -0.2) is 4.79 Å². The van der Waals surface area contributed by atoms with Gasteiger partial charge >= 0.3 is 12.0 Å². The van der Waals surface area contributed by atoms with E-state index in [2.05, 4.69) is 10.6 Å². The largest absolute Gasteiger partial charge is 0.495 e. The molecule has 12 heteroatoms. The van der Waals surface area contributed by atoms with Gasteiger partial charge in [0.25, 0.3) is 0 Å². The minimum absolute atomic E-state index is 0.0366. The van der Waals surface area contributed by atoms with Gasteiger partial charge in [0.1, 0.15) is 11.8 Å². The minimum Gasteiger partial charge on any atom is -0.495 e. The molecule has 5 N–H and O–H groups in total. The van der Waals surface area contributed by atoms with Gasteiger partial charge in [-0.05, 0) is 42.7 Å². The summed E-state index contributed by atoms with van der Waals surface area (Å²) >= 11 is 0. The van der Waals surface area contributed by atoms with E-state index in [-0.39, 0.29) is 37.4 Å². The van der Waals surface area contributed by atoms with Crippen LogP contribution < -0.4 is 21.1 Å². The molecule has 2 atom stereocenters. The molecule has 2 aromatic rings. The molecule has 214 valence electrons. The predicted octanol–water partition coefficient (Wildman–Crippen LogP) is 1.35. The van der Waals surface area contributed by atoms with Crippen molar-refractivity contribution in [2.75, 3.05) is 57.0 Å². The number of hydrogen-bond donors (Lipinski definition) is 4. The second-order valence-electron chi connectivity index (χ2n) is 10.2. The second-order valence-corrected chi connectivity index (χ2v) is 10.2. The van der Waals surface area contributed by atoms with Crippen LogP contribution in [0.1, 0.15) is 17.5 Å². The Morgan fingerprint density at radius 3 is 2.40 bits per heavy atom. The number of anilines is 2. The molecule has 2 aliphatic heterocycles. The number of para-hydroxylation sites is 1. The fourth-order valence-corrected chi connectivity index (χ4v) is 5.12. The summed E-state index contributed by atoms with van der Waals surface area (Å²) in [6.07, 6.45) is 0.414. The van der Waals surface area contributed by atoms with Crippen molar-refractivity contribution >= 4 is 35.2 Å². The number of nitrogens with zero attached hydrogens (tertiary/aromatic N) is 3. The fraction of sp³-hybridized carbons (Fsp3) is 0.429. The first-order chi connectivity index (χ1) is 19.1. The molecule has 0 bridgehead atoms. The number of nitrogens with two attached hydrogens (primary N) is 1. The predicted molar refractivity (Wildman–Crippen MR) is 149 cm³/mol. The van der Waals surface area contributed by atoms with Crippen molar-refractivity contribution in [1.29, 1.82) is 0 Å². The number of nitrogens with one attached hydrogen (secondary N) is 2. The number of aliphatic carboxylic acids is 1. The van der Waals surface area contributed by atoms with E-state index in [1.165, 1.54) is 7.11 Å². The Bertz CT molecular complexity index is 1260. The minimum atomic E-state index is -0.899. The number of aryl methyl sites for hydroxylation is 1. The molecule has 4 rings (SSSR count). The first-order valence-corrected chi connectivity index (χ1v) is 13.2.